The molecule has 1 atom stereocenters. The molecule has 140 valence electrons. The second-order valence-electron chi connectivity index (χ2n) is 5.35. The zero-order valence-electron chi connectivity index (χ0n) is 14.5. The fraction of sp³-hybridized carbons (Fsp3) is 0.375. The van der Waals surface area contributed by atoms with Crippen molar-refractivity contribution in [2.24, 2.45) is 0 Å². The SMILES string of the molecule is COC(=O)c1ccc(OC)cc1OCC(O)Cn1c([N+](=O)[O-])cnc1C. The van der Waals surface area contributed by atoms with E-state index >= 15 is 0 Å². The standard InChI is InChI=1S/C16H19N3O7/c1-10-17-7-15(19(22)23)18(10)8-11(20)9-26-14-6-12(24-2)4-5-13(14)16(21)25-3/h4-7,11,20H,8-9H2,1-3H3. The Kier molecular flexibility index (Phi) is 6.12. The van der Waals surface area contributed by atoms with Crippen molar-refractivity contribution in [3.8, 4) is 11.5 Å². The summed E-state index contributed by atoms with van der Waals surface area (Å²) in [5, 5.41) is 21.2. The highest BCUT2D eigenvalue weighted by Gasteiger charge is 2.22. The number of aliphatic hydroxyl groups excluding tert-OH is 1. The van der Waals surface area contributed by atoms with Gasteiger partial charge in [-0.3, -0.25) is 0 Å². The number of esters is 1. The molecule has 0 spiro atoms. The van der Waals surface area contributed by atoms with Gasteiger partial charge in [-0.25, -0.2) is 14.3 Å². The lowest BCUT2D eigenvalue weighted by Crippen LogP contribution is -2.25. The fourth-order valence-corrected chi connectivity index (χ4v) is 2.30. The molecule has 10 heteroatoms. The van der Waals surface area contributed by atoms with E-state index in [1.807, 2.05) is 0 Å². The zero-order chi connectivity index (χ0) is 19.3. The van der Waals surface area contributed by atoms with Gasteiger partial charge in [0.15, 0.2) is 5.82 Å². The molecule has 0 bridgehead atoms. The Morgan fingerprint density at radius 3 is 2.77 bits per heavy atom. The average molecular weight is 365 g/mol. The molecule has 0 fully saturated rings. The first-order valence-electron chi connectivity index (χ1n) is 7.61. The van der Waals surface area contributed by atoms with Crippen LogP contribution < -0.4 is 9.47 Å². The van der Waals surface area contributed by atoms with E-state index in [4.69, 9.17) is 14.2 Å². The van der Waals surface area contributed by atoms with Gasteiger partial charge in [0.1, 0.15) is 42.5 Å². The van der Waals surface area contributed by atoms with Crippen molar-refractivity contribution in [1.82, 2.24) is 9.55 Å². The first kappa shape index (κ1) is 19.2. The van der Waals surface area contributed by atoms with Crippen molar-refractivity contribution >= 4 is 11.8 Å². The van der Waals surface area contributed by atoms with Gasteiger partial charge in [0.2, 0.25) is 0 Å². The number of ether oxygens (including phenoxy) is 3. The molecule has 26 heavy (non-hydrogen) atoms. The van der Waals surface area contributed by atoms with Crippen molar-refractivity contribution < 1.29 is 29.0 Å². The van der Waals surface area contributed by atoms with Gasteiger partial charge in [-0.1, -0.05) is 0 Å². The third-order valence-electron chi connectivity index (χ3n) is 3.64. The minimum Gasteiger partial charge on any atom is -0.497 e. The van der Waals surface area contributed by atoms with E-state index in [1.54, 1.807) is 13.0 Å². The molecule has 1 aromatic carbocycles. The molecule has 0 aliphatic heterocycles. The predicted octanol–water partition coefficient (Wildman–Crippen LogP) is 1.33. The number of methoxy groups -OCH3 is 2. The van der Waals surface area contributed by atoms with Crippen LogP contribution in [0, 0.1) is 17.0 Å². The number of hydrogen-bond donors (Lipinski definition) is 1. The van der Waals surface area contributed by atoms with Gasteiger partial charge < -0.3 is 29.4 Å². The molecule has 0 aliphatic carbocycles. The van der Waals surface area contributed by atoms with Gasteiger partial charge in [0.25, 0.3) is 0 Å². The Balaban J connectivity index is 2.12. The first-order valence-corrected chi connectivity index (χ1v) is 7.61. The number of benzene rings is 1. The summed E-state index contributed by atoms with van der Waals surface area (Å²) in [5.74, 6) is 0.208. The van der Waals surface area contributed by atoms with Crippen molar-refractivity contribution in [2.75, 3.05) is 20.8 Å². The van der Waals surface area contributed by atoms with Crippen LogP contribution in [-0.4, -0.2) is 52.5 Å². The normalized spacial score (nSPS) is 11.7. The zero-order valence-corrected chi connectivity index (χ0v) is 14.5. The van der Waals surface area contributed by atoms with Crippen LogP contribution in [-0.2, 0) is 11.3 Å². The van der Waals surface area contributed by atoms with Gasteiger partial charge >= 0.3 is 11.8 Å². The highest BCUT2D eigenvalue weighted by molar-refractivity contribution is 5.92. The van der Waals surface area contributed by atoms with Gasteiger partial charge in [0.05, 0.1) is 14.2 Å². The van der Waals surface area contributed by atoms with Crippen LogP contribution in [0.3, 0.4) is 0 Å². The minimum atomic E-state index is -1.07. The summed E-state index contributed by atoms with van der Waals surface area (Å²) in [6, 6.07) is 4.55. The third kappa shape index (κ3) is 4.28. The van der Waals surface area contributed by atoms with E-state index in [0.717, 1.165) is 6.20 Å². The Labute approximate surface area is 149 Å². The maximum Gasteiger partial charge on any atom is 0.342 e. The lowest BCUT2D eigenvalue weighted by molar-refractivity contribution is -0.392. The van der Waals surface area contributed by atoms with Crippen LogP contribution in [0.4, 0.5) is 5.82 Å². The highest BCUT2D eigenvalue weighted by atomic mass is 16.6. The second kappa shape index (κ2) is 8.30. The van der Waals surface area contributed by atoms with Crippen molar-refractivity contribution in [3.05, 3.63) is 45.9 Å². The number of carbonyl (C=O) groups is 1. The average Bonchev–Trinajstić information content (AvgIpc) is 2.99. The Bertz CT molecular complexity index is 803. The number of aromatic nitrogens is 2. The lowest BCUT2D eigenvalue weighted by Gasteiger charge is -2.15. The molecule has 2 aromatic rings. The third-order valence-corrected chi connectivity index (χ3v) is 3.64. The topological polar surface area (TPSA) is 126 Å². The van der Waals surface area contributed by atoms with E-state index in [2.05, 4.69) is 4.98 Å². The molecule has 1 aromatic heterocycles. The molecule has 10 nitrogen and oxygen atoms in total. The predicted molar refractivity (Wildman–Crippen MR) is 89.5 cm³/mol. The number of aliphatic hydroxyl groups is 1. The Morgan fingerprint density at radius 2 is 2.15 bits per heavy atom. The summed E-state index contributed by atoms with van der Waals surface area (Å²) in [4.78, 5) is 26.1. The van der Waals surface area contributed by atoms with Crippen molar-refractivity contribution in [2.45, 2.75) is 19.6 Å². The van der Waals surface area contributed by atoms with Crippen LogP contribution in [0.25, 0.3) is 0 Å². The summed E-state index contributed by atoms with van der Waals surface area (Å²) in [5.41, 5.74) is 0.172. The van der Waals surface area contributed by atoms with Crippen LogP contribution in [0.1, 0.15) is 16.2 Å². The molecular weight excluding hydrogens is 346 g/mol. The number of hydrogen-bond acceptors (Lipinski definition) is 8. The number of rotatable bonds is 8. The summed E-state index contributed by atoms with van der Waals surface area (Å²) >= 11 is 0. The smallest absolute Gasteiger partial charge is 0.342 e. The maximum atomic E-state index is 11.8. The van der Waals surface area contributed by atoms with E-state index < -0.39 is 17.0 Å². The van der Waals surface area contributed by atoms with Crippen LogP contribution >= 0.6 is 0 Å². The fourth-order valence-electron chi connectivity index (χ4n) is 2.30. The second-order valence-corrected chi connectivity index (χ2v) is 5.35. The van der Waals surface area contributed by atoms with Crippen LogP contribution in [0.15, 0.2) is 24.4 Å². The lowest BCUT2D eigenvalue weighted by atomic mass is 10.2. The molecule has 0 saturated carbocycles. The Hall–Kier alpha value is -3.14. The van der Waals surface area contributed by atoms with E-state index in [0.29, 0.717) is 11.6 Å². The summed E-state index contributed by atoms with van der Waals surface area (Å²) in [6.45, 7) is 1.31. The van der Waals surface area contributed by atoms with E-state index in [-0.39, 0.29) is 30.3 Å². The molecule has 1 N–H and O–H groups in total. The van der Waals surface area contributed by atoms with Gasteiger partial charge in [-0.05, 0) is 17.1 Å². The summed E-state index contributed by atoms with van der Waals surface area (Å²) in [6.07, 6.45) is 0.0543. The molecule has 0 amide bonds. The van der Waals surface area contributed by atoms with Crippen LogP contribution in [0.2, 0.25) is 0 Å². The van der Waals surface area contributed by atoms with Crippen molar-refractivity contribution in [1.29, 1.82) is 0 Å². The molecule has 1 heterocycles. The van der Waals surface area contributed by atoms with E-state index in [9.17, 15) is 20.0 Å². The van der Waals surface area contributed by atoms with Gasteiger partial charge in [-0.15, -0.1) is 0 Å². The summed E-state index contributed by atoms with van der Waals surface area (Å²) < 4.78 is 16.6. The monoisotopic (exact) mass is 365 g/mol. The number of nitro groups is 1. The van der Waals surface area contributed by atoms with Crippen LogP contribution in [0.5, 0.6) is 11.5 Å². The highest BCUT2D eigenvalue weighted by Crippen LogP contribution is 2.26. The maximum absolute atomic E-state index is 11.8. The molecule has 2 rings (SSSR count). The largest absolute Gasteiger partial charge is 0.497 e. The molecule has 0 aliphatic rings. The molecule has 0 radical (unpaired) electrons. The minimum absolute atomic E-state index is 0.0837. The first-order chi connectivity index (χ1) is 12.4. The number of imidazole rings is 1. The number of nitrogens with zero attached hydrogens (tertiary/aromatic N) is 3. The van der Waals surface area contributed by atoms with E-state index in [1.165, 1.54) is 30.9 Å². The van der Waals surface area contributed by atoms with Gasteiger partial charge in [0, 0.05) is 13.0 Å². The van der Waals surface area contributed by atoms with Gasteiger partial charge in [-0.2, -0.15) is 0 Å². The summed E-state index contributed by atoms with van der Waals surface area (Å²) in [7, 11) is 2.71. The number of aryl methyl sites for hydroxylation is 1. The molecular formula is C16H19N3O7. The Morgan fingerprint density at radius 1 is 1.42 bits per heavy atom. The number of carbonyl (C=O) groups excluding carboxylic acids is 1. The quantitative estimate of drug-likeness (QED) is 0.422. The molecule has 0 saturated heterocycles. The van der Waals surface area contributed by atoms with Crippen molar-refractivity contribution in [3.63, 3.8) is 0 Å². The molecule has 1 unspecified atom stereocenters.